The van der Waals surface area contributed by atoms with Crippen LogP contribution in [0.3, 0.4) is 0 Å². The number of nitrogens with one attached hydrogen (secondary N) is 2. The highest BCUT2D eigenvalue weighted by Crippen LogP contribution is 2.05. The predicted molar refractivity (Wildman–Crippen MR) is 63.9 cm³/mol. The molecular formula is C11H17N3O4. The van der Waals surface area contributed by atoms with Gasteiger partial charge in [0.15, 0.2) is 0 Å². The molecule has 0 saturated carbocycles. The second kappa shape index (κ2) is 6.04. The summed E-state index contributed by atoms with van der Waals surface area (Å²) in [4.78, 5) is 35.5. The van der Waals surface area contributed by atoms with Crippen molar-refractivity contribution in [3.8, 4) is 0 Å². The molecule has 0 radical (unpaired) electrons. The fourth-order valence-corrected chi connectivity index (χ4v) is 1.68. The van der Waals surface area contributed by atoms with E-state index in [1.807, 2.05) is 0 Å². The molecule has 7 nitrogen and oxygen atoms in total. The minimum absolute atomic E-state index is 0.134. The molecular weight excluding hydrogens is 238 g/mol. The van der Waals surface area contributed by atoms with Crippen LogP contribution in [0.25, 0.3) is 0 Å². The zero-order valence-electron chi connectivity index (χ0n) is 10.2. The lowest BCUT2D eigenvalue weighted by Gasteiger charge is -2.33. The molecule has 0 bridgehead atoms. The number of carbonyl (C=O) groups excluding carboxylic acids is 2. The first-order valence-corrected chi connectivity index (χ1v) is 5.66. The summed E-state index contributed by atoms with van der Waals surface area (Å²) in [5, 5.41) is 13.9. The Morgan fingerprint density at radius 2 is 2.39 bits per heavy atom. The van der Waals surface area contributed by atoms with Gasteiger partial charge in [-0.1, -0.05) is 6.08 Å². The van der Waals surface area contributed by atoms with E-state index in [-0.39, 0.29) is 12.3 Å². The van der Waals surface area contributed by atoms with E-state index in [2.05, 4.69) is 17.2 Å². The minimum Gasteiger partial charge on any atom is -0.480 e. The molecule has 1 aliphatic heterocycles. The number of hydrogen-bond donors (Lipinski definition) is 3. The van der Waals surface area contributed by atoms with Gasteiger partial charge in [0.1, 0.15) is 12.1 Å². The summed E-state index contributed by atoms with van der Waals surface area (Å²) >= 11 is 0. The lowest BCUT2D eigenvalue weighted by Crippen LogP contribution is -2.59. The Balaban J connectivity index is 2.65. The number of nitrogens with zero attached hydrogens (tertiary/aromatic N) is 1. The third-order valence-electron chi connectivity index (χ3n) is 2.76. The smallest absolute Gasteiger partial charge is 0.326 e. The second-order valence-corrected chi connectivity index (χ2v) is 4.03. The molecule has 1 rings (SSSR count). The highest BCUT2D eigenvalue weighted by Gasteiger charge is 2.31. The maximum Gasteiger partial charge on any atom is 0.326 e. The van der Waals surface area contributed by atoms with Crippen LogP contribution in [0.5, 0.6) is 0 Å². The van der Waals surface area contributed by atoms with E-state index in [0.29, 0.717) is 13.1 Å². The number of amides is 3. The molecule has 1 saturated heterocycles. The summed E-state index contributed by atoms with van der Waals surface area (Å²) in [6.45, 7) is 5.76. The molecule has 0 aromatic carbocycles. The molecule has 0 aromatic rings. The van der Waals surface area contributed by atoms with Crippen molar-refractivity contribution in [1.29, 1.82) is 0 Å². The van der Waals surface area contributed by atoms with Gasteiger partial charge in [0.2, 0.25) is 5.91 Å². The van der Waals surface area contributed by atoms with Crippen molar-refractivity contribution in [2.24, 2.45) is 0 Å². The van der Waals surface area contributed by atoms with Gasteiger partial charge in [-0.15, -0.1) is 6.58 Å². The maximum atomic E-state index is 11.9. The number of hydrogen-bond acceptors (Lipinski definition) is 3. The van der Waals surface area contributed by atoms with E-state index in [4.69, 9.17) is 5.11 Å². The fourth-order valence-electron chi connectivity index (χ4n) is 1.68. The molecule has 0 aromatic heterocycles. The summed E-state index contributed by atoms with van der Waals surface area (Å²) < 4.78 is 0. The SMILES string of the molecule is C=CCC(NC(=O)N1CCNC(=O)C1C)C(=O)O. The minimum atomic E-state index is -1.13. The Morgan fingerprint density at radius 3 is 2.94 bits per heavy atom. The third kappa shape index (κ3) is 3.22. The fraction of sp³-hybridized carbons (Fsp3) is 0.545. The Labute approximate surface area is 105 Å². The van der Waals surface area contributed by atoms with Crippen LogP contribution in [-0.4, -0.2) is 53.1 Å². The zero-order chi connectivity index (χ0) is 13.7. The highest BCUT2D eigenvalue weighted by atomic mass is 16.4. The molecule has 18 heavy (non-hydrogen) atoms. The summed E-state index contributed by atoms with van der Waals surface area (Å²) in [6, 6.07) is -2.17. The van der Waals surface area contributed by atoms with E-state index in [1.165, 1.54) is 11.0 Å². The molecule has 1 heterocycles. The van der Waals surface area contributed by atoms with E-state index in [9.17, 15) is 14.4 Å². The van der Waals surface area contributed by atoms with Crippen LogP contribution in [-0.2, 0) is 9.59 Å². The van der Waals surface area contributed by atoms with E-state index in [1.54, 1.807) is 6.92 Å². The number of carboxylic acids is 1. The van der Waals surface area contributed by atoms with Gasteiger partial charge in [0.05, 0.1) is 0 Å². The van der Waals surface area contributed by atoms with Crippen LogP contribution >= 0.6 is 0 Å². The van der Waals surface area contributed by atoms with Crippen LogP contribution in [0.15, 0.2) is 12.7 Å². The zero-order valence-corrected chi connectivity index (χ0v) is 10.2. The van der Waals surface area contributed by atoms with Gasteiger partial charge in [-0.25, -0.2) is 9.59 Å². The molecule has 1 aliphatic rings. The molecule has 1 fully saturated rings. The van der Waals surface area contributed by atoms with Crippen LogP contribution in [0, 0.1) is 0 Å². The van der Waals surface area contributed by atoms with Gasteiger partial charge in [0.25, 0.3) is 0 Å². The van der Waals surface area contributed by atoms with Gasteiger partial charge >= 0.3 is 12.0 Å². The van der Waals surface area contributed by atoms with Gasteiger partial charge in [-0.2, -0.15) is 0 Å². The Bertz CT molecular complexity index is 369. The van der Waals surface area contributed by atoms with Crippen molar-refractivity contribution in [2.75, 3.05) is 13.1 Å². The maximum absolute atomic E-state index is 11.9. The van der Waals surface area contributed by atoms with Gasteiger partial charge in [-0.3, -0.25) is 4.79 Å². The quantitative estimate of drug-likeness (QED) is 0.592. The normalized spacial score (nSPS) is 20.8. The number of aliphatic carboxylic acids is 1. The van der Waals surface area contributed by atoms with Crippen molar-refractivity contribution in [3.05, 3.63) is 12.7 Å². The van der Waals surface area contributed by atoms with Crippen LogP contribution in [0.2, 0.25) is 0 Å². The number of urea groups is 1. The second-order valence-electron chi connectivity index (χ2n) is 4.03. The van der Waals surface area contributed by atoms with Gasteiger partial charge < -0.3 is 20.6 Å². The number of rotatable bonds is 4. The van der Waals surface area contributed by atoms with Crippen molar-refractivity contribution in [3.63, 3.8) is 0 Å². The van der Waals surface area contributed by atoms with Crippen molar-refractivity contribution in [1.82, 2.24) is 15.5 Å². The summed E-state index contributed by atoms with van der Waals surface area (Å²) in [7, 11) is 0. The summed E-state index contributed by atoms with van der Waals surface area (Å²) in [6.07, 6.45) is 1.56. The Hall–Kier alpha value is -2.05. The van der Waals surface area contributed by atoms with Gasteiger partial charge in [-0.05, 0) is 13.3 Å². The first-order valence-electron chi connectivity index (χ1n) is 5.66. The van der Waals surface area contributed by atoms with Crippen LogP contribution in [0.1, 0.15) is 13.3 Å². The topological polar surface area (TPSA) is 98.7 Å². The average Bonchev–Trinajstić information content (AvgIpc) is 2.31. The van der Waals surface area contributed by atoms with E-state index >= 15 is 0 Å². The molecule has 2 unspecified atom stereocenters. The third-order valence-corrected chi connectivity index (χ3v) is 2.76. The van der Waals surface area contributed by atoms with Crippen LogP contribution < -0.4 is 10.6 Å². The highest BCUT2D eigenvalue weighted by molar-refractivity contribution is 5.89. The Kier molecular flexibility index (Phi) is 4.70. The molecule has 2 atom stereocenters. The molecule has 7 heteroatoms. The van der Waals surface area contributed by atoms with Gasteiger partial charge in [0, 0.05) is 13.1 Å². The largest absolute Gasteiger partial charge is 0.480 e. The molecule has 3 amide bonds. The number of piperazine rings is 1. The Morgan fingerprint density at radius 1 is 1.72 bits per heavy atom. The number of carbonyl (C=O) groups is 3. The first-order chi connectivity index (χ1) is 8.47. The molecule has 0 spiro atoms. The van der Waals surface area contributed by atoms with Crippen LogP contribution in [0.4, 0.5) is 4.79 Å². The standard InChI is InChI=1S/C11H17N3O4/c1-3-4-8(10(16)17)13-11(18)14-6-5-12-9(15)7(14)2/h3,7-8H,1,4-6H2,2H3,(H,12,15)(H,13,18)(H,16,17). The number of carboxylic acid groups (broad SMARTS) is 1. The van der Waals surface area contributed by atoms with Crippen molar-refractivity contribution < 1.29 is 19.5 Å². The predicted octanol–water partition coefficient (Wildman–Crippen LogP) is -0.454. The molecule has 3 N–H and O–H groups in total. The summed E-state index contributed by atoms with van der Waals surface area (Å²) in [5.41, 5.74) is 0. The average molecular weight is 255 g/mol. The lowest BCUT2D eigenvalue weighted by molar-refractivity contribution is -0.139. The summed E-state index contributed by atoms with van der Waals surface area (Å²) in [5.74, 6) is -1.37. The van der Waals surface area contributed by atoms with E-state index in [0.717, 1.165) is 0 Å². The lowest BCUT2D eigenvalue weighted by atomic mass is 10.2. The first kappa shape index (κ1) is 14.0. The van der Waals surface area contributed by atoms with Crippen molar-refractivity contribution >= 4 is 17.9 Å². The molecule has 100 valence electrons. The monoisotopic (exact) mass is 255 g/mol. The van der Waals surface area contributed by atoms with E-state index < -0.39 is 24.1 Å². The molecule has 0 aliphatic carbocycles. The van der Waals surface area contributed by atoms with Crippen molar-refractivity contribution in [2.45, 2.75) is 25.4 Å².